The Hall–Kier alpha value is -4.72. The third kappa shape index (κ3) is 14.1. The van der Waals surface area contributed by atoms with Crippen LogP contribution in [-0.2, 0) is 22.4 Å². The molecule has 0 aliphatic carbocycles. The third-order valence-electron chi connectivity index (χ3n) is 9.71. The molecule has 2 atom stereocenters. The predicted molar refractivity (Wildman–Crippen MR) is 209 cm³/mol. The number of unbranched alkanes of at least 4 members (excludes halogenated alkanes) is 2. The quantitative estimate of drug-likeness (QED) is 0.149. The van der Waals surface area contributed by atoms with Gasteiger partial charge in [0, 0.05) is 25.9 Å². The maximum atomic E-state index is 12.2. The monoisotopic (exact) mass is 710 g/mol. The van der Waals surface area contributed by atoms with Crippen LogP contribution in [0.1, 0.15) is 124 Å². The molecule has 2 heterocycles. The number of likely N-dealkylation sites (tertiary alicyclic amines) is 2. The molecule has 2 N–H and O–H groups in total. The zero-order valence-electron chi connectivity index (χ0n) is 31.6. The third-order valence-corrected chi connectivity index (χ3v) is 9.71. The number of carbonyl (C=O) groups is 4. The van der Waals surface area contributed by atoms with Crippen molar-refractivity contribution in [1.29, 1.82) is 0 Å². The van der Waals surface area contributed by atoms with Gasteiger partial charge in [-0.05, 0) is 101 Å². The van der Waals surface area contributed by atoms with E-state index in [2.05, 4.69) is 64.2 Å². The van der Waals surface area contributed by atoms with Gasteiger partial charge in [-0.1, -0.05) is 98.6 Å². The number of aromatic carboxylic acids is 2. The van der Waals surface area contributed by atoms with Crippen LogP contribution < -0.4 is 0 Å². The Balaban J connectivity index is 0.000000280. The van der Waals surface area contributed by atoms with E-state index < -0.39 is 11.9 Å². The van der Waals surface area contributed by atoms with Gasteiger partial charge in [0.25, 0.3) is 0 Å². The molecule has 0 saturated carbocycles. The fraction of sp³-hybridized carbons (Fsp3) is 0.455. The first kappa shape index (κ1) is 41.7. The second-order valence-corrected chi connectivity index (χ2v) is 13.9. The summed E-state index contributed by atoms with van der Waals surface area (Å²) < 4.78 is 0. The van der Waals surface area contributed by atoms with Crippen LogP contribution in [0, 0.1) is 0 Å². The minimum atomic E-state index is -0.918. The molecule has 0 aromatic heterocycles. The van der Waals surface area contributed by atoms with Crippen LogP contribution in [0.2, 0.25) is 0 Å². The van der Waals surface area contributed by atoms with E-state index in [4.69, 9.17) is 10.2 Å². The van der Waals surface area contributed by atoms with Crippen LogP contribution in [0.5, 0.6) is 0 Å². The normalized spacial score (nSPS) is 18.1. The van der Waals surface area contributed by atoms with Crippen molar-refractivity contribution in [2.75, 3.05) is 13.1 Å². The molecule has 280 valence electrons. The average molecular weight is 711 g/mol. The van der Waals surface area contributed by atoms with Crippen molar-refractivity contribution in [2.24, 2.45) is 0 Å². The molecule has 2 amide bonds. The molecule has 8 nitrogen and oxygen atoms in total. The number of carbonyl (C=O) groups excluding carboxylic acids is 2. The SMILES string of the molecule is CCCC/C(C)=C/C=C/[C@H]1CCC(=O)N1CCc1ccc(C(=O)O)cc1.CCCC/C(C)=C/C=C\[C@H]1CCC(=O)N1CCc1ccc(C(=O)O)cc1. The van der Waals surface area contributed by atoms with Crippen LogP contribution in [0.15, 0.2) is 96.1 Å². The molecule has 0 radical (unpaired) electrons. The van der Waals surface area contributed by atoms with E-state index in [-0.39, 0.29) is 35.0 Å². The molecule has 2 aromatic carbocycles. The predicted octanol–water partition coefficient (Wildman–Crippen LogP) is 9.22. The molecule has 4 rings (SSSR count). The Labute approximate surface area is 310 Å². The highest BCUT2D eigenvalue weighted by atomic mass is 16.4. The summed E-state index contributed by atoms with van der Waals surface area (Å²) in [6.45, 7) is 10.0. The molecule has 52 heavy (non-hydrogen) atoms. The standard InChI is InChI=1S/2C22H29NO3/c2*1-3-4-6-17(2)7-5-8-20-13-14-21(24)23(20)16-15-18-9-11-19(12-10-18)22(25)26/h2*5,7-12,20H,3-4,6,13-16H2,1-2H3,(H,25,26)/b8-5+,17-7+;8-5-,17-7+/t2*20-/m00/s1. The fourth-order valence-corrected chi connectivity index (χ4v) is 6.39. The van der Waals surface area contributed by atoms with Crippen molar-refractivity contribution < 1.29 is 29.4 Å². The van der Waals surface area contributed by atoms with Gasteiger partial charge in [-0.2, -0.15) is 0 Å². The van der Waals surface area contributed by atoms with Gasteiger partial charge < -0.3 is 20.0 Å². The summed E-state index contributed by atoms with van der Waals surface area (Å²) in [5.41, 5.74) is 5.42. The van der Waals surface area contributed by atoms with E-state index in [1.165, 1.54) is 36.8 Å². The summed E-state index contributed by atoms with van der Waals surface area (Å²) in [5.74, 6) is -1.43. The molecule has 0 spiro atoms. The highest BCUT2D eigenvalue weighted by molar-refractivity contribution is 5.88. The highest BCUT2D eigenvalue weighted by Crippen LogP contribution is 2.22. The second-order valence-electron chi connectivity index (χ2n) is 13.9. The molecule has 0 unspecified atom stereocenters. The molecule has 2 fully saturated rings. The van der Waals surface area contributed by atoms with Crippen molar-refractivity contribution in [3.63, 3.8) is 0 Å². The molecule has 0 bridgehead atoms. The van der Waals surface area contributed by atoms with Gasteiger partial charge in [0.15, 0.2) is 0 Å². The van der Waals surface area contributed by atoms with Crippen molar-refractivity contribution >= 4 is 23.8 Å². The molecule has 2 saturated heterocycles. The fourth-order valence-electron chi connectivity index (χ4n) is 6.39. The Bertz CT molecular complexity index is 1470. The van der Waals surface area contributed by atoms with Crippen LogP contribution in [-0.4, -0.2) is 68.9 Å². The zero-order valence-corrected chi connectivity index (χ0v) is 31.6. The first-order valence-electron chi connectivity index (χ1n) is 18.9. The maximum Gasteiger partial charge on any atom is 0.335 e. The first-order valence-corrected chi connectivity index (χ1v) is 18.9. The van der Waals surface area contributed by atoms with Gasteiger partial charge >= 0.3 is 11.9 Å². The highest BCUT2D eigenvalue weighted by Gasteiger charge is 2.29. The minimum absolute atomic E-state index is 0.163. The van der Waals surface area contributed by atoms with E-state index in [1.54, 1.807) is 24.3 Å². The number of allylic oxidation sites excluding steroid dienone is 6. The smallest absolute Gasteiger partial charge is 0.335 e. The number of benzene rings is 2. The number of carboxylic acids is 2. The van der Waals surface area contributed by atoms with Crippen LogP contribution in [0.3, 0.4) is 0 Å². The number of nitrogens with zero attached hydrogens (tertiary/aromatic N) is 2. The van der Waals surface area contributed by atoms with Crippen LogP contribution >= 0.6 is 0 Å². The summed E-state index contributed by atoms with van der Waals surface area (Å²) in [6, 6.07) is 14.1. The van der Waals surface area contributed by atoms with E-state index in [0.717, 1.165) is 49.7 Å². The lowest BCUT2D eigenvalue weighted by atomic mass is 10.1. The lowest BCUT2D eigenvalue weighted by Crippen LogP contribution is -2.33. The van der Waals surface area contributed by atoms with Gasteiger partial charge in [0.2, 0.25) is 11.8 Å². The van der Waals surface area contributed by atoms with Crippen LogP contribution in [0.4, 0.5) is 0 Å². The Morgan fingerprint density at radius 3 is 1.35 bits per heavy atom. The van der Waals surface area contributed by atoms with E-state index in [1.807, 2.05) is 34.1 Å². The number of hydrogen-bond donors (Lipinski definition) is 2. The number of amides is 2. The molecule has 8 heteroatoms. The summed E-state index contributed by atoms with van der Waals surface area (Å²) in [6.07, 6.45) is 24.2. The van der Waals surface area contributed by atoms with Crippen molar-refractivity contribution in [3.8, 4) is 0 Å². The van der Waals surface area contributed by atoms with Gasteiger partial charge in [0.05, 0.1) is 23.2 Å². The first-order chi connectivity index (χ1) is 25.0. The number of carboxylic acid groups (broad SMARTS) is 2. The minimum Gasteiger partial charge on any atom is -0.478 e. The van der Waals surface area contributed by atoms with Crippen LogP contribution in [0.25, 0.3) is 0 Å². The van der Waals surface area contributed by atoms with Gasteiger partial charge in [0.1, 0.15) is 0 Å². The topological polar surface area (TPSA) is 115 Å². The second kappa shape index (κ2) is 22.3. The van der Waals surface area contributed by atoms with E-state index >= 15 is 0 Å². The summed E-state index contributed by atoms with van der Waals surface area (Å²) in [7, 11) is 0. The molecule has 2 aliphatic heterocycles. The van der Waals surface area contributed by atoms with Crippen molar-refractivity contribution in [1.82, 2.24) is 9.80 Å². The summed E-state index contributed by atoms with van der Waals surface area (Å²) in [4.78, 5) is 50.1. The molecular weight excluding hydrogens is 652 g/mol. The zero-order chi connectivity index (χ0) is 37.9. The van der Waals surface area contributed by atoms with Gasteiger partial charge in [-0.15, -0.1) is 0 Å². The largest absolute Gasteiger partial charge is 0.478 e. The number of rotatable bonds is 18. The van der Waals surface area contributed by atoms with Crippen molar-refractivity contribution in [2.45, 2.75) is 117 Å². The Morgan fingerprint density at radius 2 is 1.02 bits per heavy atom. The molecule has 2 aliphatic rings. The lowest BCUT2D eigenvalue weighted by Gasteiger charge is -2.22. The summed E-state index contributed by atoms with van der Waals surface area (Å²) in [5, 5.41) is 17.9. The van der Waals surface area contributed by atoms with Gasteiger partial charge in [-0.25, -0.2) is 9.59 Å². The van der Waals surface area contributed by atoms with E-state index in [0.29, 0.717) is 25.9 Å². The van der Waals surface area contributed by atoms with Gasteiger partial charge in [-0.3, -0.25) is 9.59 Å². The molecule has 2 aromatic rings. The molecular formula is C44H58N2O6. The Kier molecular flexibility index (Phi) is 17.9. The lowest BCUT2D eigenvalue weighted by molar-refractivity contribution is -0.129. The number of hydrogen-bond acceptors (Lipinski definition) is 4. The maximum absolute atomic E-state index is 12.2. The Morgan fingerprint density at radius 1 is 0.654 bits per heavy atom. The van der Waals surface area contributed by atoms with E-state index in [9.17, 15) is 19.2 Å². The summed E-state index contributed by atoms with van der Waals surface area (Å²) >= 11 is 0. The van der Waals surface area contributed by atoms with Crippen molar-refractivity contribution in [3.05, 3.63) is 118 Å². The average Bonchev–Trinajstić information content (AvgIpc) is 3.68.